The zero-order valence-corrected chi connectivity index (χ0v) is 6.34. The highest BCUT2D eigenvalue weighted by Gasteiger charge is 2.42. The average Bonchev–Trinajstić information content (AvgIpc) is 1.86. The Bertz CT molecular complexity index is 107. The van der Waals surface area contributed by atoms with Crippen LogP contribution in [0.2, 0.25) is 0 Å². The first-order chi connectivity index (χ1) is 4.75. The third-order valence-corrected chi connectivity index (χ3v) is 2.48. The highest BCUT2D eigenvalue weighted by atomic mass is 16.5. The molecule has 10 heavy (non-hydrogen) atoms. The summed E-state index contributed by atoms with van der Waals surface area (Å²) >= 11 is 0. The monoisotopic (exact) mass is 145 g/mol. The van der Waals surface area contributed by atoms with Gasteiger partial charge in [-0.25, -0.2) is 0 Å². The highest BCUT2D eigenvalue weighted by Crippen LogP contribution is 2.36. The number of rotatable bonds is 3. The molecular formula is C7H15NO2. The van der Waals surface area contributed by atoms with Gasteiger partial charge in [0.05, 0.1) is 18.2 Å². The summed E-state index contributed by atoms with van der Waals surface area (Å²) in [6.45, 7) is 0.0217. The minimum atomic E-state index is -0.203. The molecule has 1 atom stereocenters. The predicted octanol–water partition coefficient (Wildman–Crippen LogP) is -0.125. The Hall–Kier alpha value is -0.120. The van der Waals surface area contributed by atoms with Gasteiger partial charge in [0, 0.05) is 7.11 Å². The average molecular weight is 145 g/mol. The summed E-state index contributed by atoms with van der Waals surface area (Å²) in [5.74, 6) is 0. The quantitative estimate of drug-likeness (QED) is 0.582. The van der Waals surface area contributed by atoms with Gasteiger partial charge in [0.1, 0.15) is 0 Å². The number of ether oxygens (including phenoxy) is 1. The molecule has 1 saturated carbocycles. The van der Waals surface area contributed by atoms with E-state index in [1.807, 2.05) is 0 Å². The summed E-state index contributed by atoms with van der Waals surface area (Å²) in [5, 5.41) is 8.76. The van der Waals surface area contributed by atoms with Crippen molar-refractivity contribution in [3.8, 4) is 0 Å². The smallest absolute Gasteiger partial charge is 0.0851 e. The van der Waals surface area contributed by atoms with Crippen LogP contribution in [0.25, 0.3) is 0 Å². The van der Waals surface area contributed by atoms with E-state index < -0.39 is 0 Å². The zero-order chi connectivity index (χ0) is 7.61. The Morgan fingerprint density at radius 3 is 2.40 bits per heavy atom. The van der Waals surface area contributed by atoms with E-state index in [0.717, 1.165) is 12.8 Å². The lowest BCUT2D eigenvalue weighted by Gasteiger charge is -2.44. The fraction of sp³-hybridized carbons (Fsp3) is 1.00. The molecule has 0 aliphatic heterocycles. The van der Waals surface area contributed by atoms with Crippen molar-refractivity contribution in [2.75, 3.05) is 13.7 Å². The number of nitrogens with two attached hydrogens (primary N) is 1. The lowest BCUT2D eigenvalue weighted by molar-refractivity contribution is -0.0987. The molecule has 1 fully saturated rings. The normalized spacial score (nSPS) is 25.5. The molecule has 0 heterocycles. The van der Waals surface area contributed by atoms with Crippen molar-refractivity contribution in [2.45, 2.75) is 30.9 Å². The molecule has 1 rings (SSSR count). The fourth-order valence-corrected chi connectivity index (χ4v) is 1.42. The van der Waals surface area contributed by atoms with E-state index in [4.69, 9.17) is 15.6 Å². The van der Waals surface area contributed by atoms with Gasteiger partial charge in [0.15, 0.2) is 0 Å². The highest BCUT2D eigenvalue weighted by molar-refractivity contribution is 4.97. The topological polar surface area (TPSA) is 55.5 Å². The Balaban J connectivity index is 2.46. The molecule has 60 valence electrons. The van der Waals surface area contributed by atoms with Crippen molar-refractivity contribution in [3.05, 3.63) is 0 Å². The molecule has 1 aliphatic rings. The standard InChI is InChI=1S/C7H15NO2/c1-10-7(3-2-4-7)6(8)5-9/h6,9H,2-5,8H2,1H3. The molecule has 0 spiro atoms. The maximum atomic E-state index is 8.76. The minimum Gasteiger partial charge on any atom is -0.395 e. The second-order valence-electron chi connectivity index (χ2n) is 2.91. The molecule has 3 N–H and O–H groups in total. The van der Waals surface area contributed by atoms with E-state index in [2.05, 4.69) is 0 Å². The minimum absolute atomic E-state index is 0.0217. The molecule has 0 saturated heterocycles. The van der Waals surface area contributed by atoms with Crippen LogP contribution in [-0.4, -0.2) is 30.5 Å². The second kappa shape index (κ2) is 2.86. The van der Waals surface area contributed by atoms with E-state index in [0.29, 0.717) is 0 Å². The van der Waals surface area contributed by atoms with Gasteiger partial charge in [-0.05, 0) is 19.3 Å². The van der Waals surface area contributed by atoms with Crippen LogP contribution in [-0.2, 0) is 4.74 Å². The first-order valence-corrected chi connectivity index (χ1v) is 3.67. The number of aliphatic hydroxyl groups is 1. The van der Waals surface area contributed by atoms with Gasteiger partial charge in [-0.3, -0.25) is 0 Å². The fourth-order valence-electron chi connectivity index (χ4n) is 1.42. The number of hydrogen-bond acceptors (Lipinski definition) is 3. The van der Waals surface area contributed by atoms with Crippen molar-refractivity contribution in [1.29, 1.82) is 0 Å². The maximum absolute atomic E-state index is 8.76. The van der Waals surface area contributed by atoms with Crippen LogP contribution in [0.3, 0.4) is 0 Å². The van der Waals surface area contributed by atoms with Gasteiger partial charge < -0.3 is 15.6 Å². The molecule has 0 radical (unpaired) electrons. The van der Waals surface area contributed by atoms with E-state index in [9.17, 15) is 0 Å². The van der Waals surface area contributed by atoms with Crippen molar-refractivity contribution < 1.29 is 9.84 Å². The molecule has 0 aromatic carbocycles. The van der Waals surface area contributed by atoms with Crippen LogP contribution >= 0.6 is 0 Å². The summed E-state index contributed by atoms with van der Waals surface area (Å²) in [7, 11) is 1.66. The first-order valence-electron chi connectivity index (χ1n) is 3.67. The lowest BCUT2D eigenvalue weighted by atomic mass is 9.75. The van der Waals surface area contributed by atoms with Gasteiger partial charge in [0.25, 0.3) is 0 Å². The third kappa shape index (κ3) is 1.05. The molecule has 1 unspecified atom stereocenters. The summed E-state index contributed by atoms with van der Waals surface area (Å²) in [5.41, 5.74) is 5.45. The molecule has 3 nitrogen and oxygen atoms in total. The SMILES string of the molecule is COC1(C(N)CO)CCC1. The van der Waals surface area contributed by atoms with Gasteiger partial charge in [-0.2, -0.15) is 0 Å². The van der Waals surface area contributed by atoms with Crippen LogP contribution in [0.15, 0.2) is 0 Å². The Morgan fingerprint density at radius 1 is 1.70 bits per heavy atom. The van der Waals surface area contributed by atoms with Crippen molar-refractivity contribution in [3.63, 3.8) is 0 Å². The van der Waals surface area contributed by atoms with Crippen LogP contribution in [0.4, 0.5) is 0 Å². The third-order valence-electron chi connectivity index (χ3n) is 2.48. The van der Waals surface area contributed by atoms with E-state index in [-0.39, 0.29) is 18.2 Å². The number of hydrogen-bond donors (Lipinski definition) is 2. The maximum Gasteiger partial charge on any atom is 0.0851 e. The molecule has 1 aliphatic carbocycles. The van der Waals surface area contributed by atoms with E-state index in [1.54, 1.807) is 7.11 Å². The van der Waals surface area contributed by atoms with Gasteiger partial charge in [-0.1, -0.05) is 0 Å². The number of methoxy groups -OCH3 is 1. The van der Waals surface area contributed by atoms with Crippen LogP contribution < -0.4 is 5.73 Å². The molecule has 0 amide bonds. The molecular weight excluding hydrogens is 130 g/mol. The first kappa shape index (κ1) is 7.98. The molecule has 0 aromatic heterocycles. The van der Waals surface area contributed by atoms with Crippen molar-refractivity contribution in [2.24, 2.45) is 5.73 Å². The zero-order valence-electron chi connectivity index (χ0n) is 6.34. The van der Waals surface area contributed by atoms with Crippen molar-refractivity contribution in [1.82, 2.24) is 0 Å². The second-order valence-corrected chi connectivity index (χ2v) is 2.91. The Morgan fingerprint density at radius 2 is 2.30 bits per heavy atom. The predicted molar refractivity (Wildman–Crippen MR) is 38.7 cm³/mol. The molecule has 3 heteroatoms. The van der Waals surface area contributed by atoms with Gasteiger partial charge in [-0.15, -0.1) is 0 Å². The largest absolute Gasteiger partial charge is 0.395 e. The molecule has 0 aromatic rings. The van der Waals surface area contributed by atoms with Crippen LogP contribution in [0.1, 0.15) is 19.3 Å². The van der Waals surface area contributed by atoms with Crippen molar-refractivity contribution >= 4 is 0 Å². The Kier molecular flexibility index (Phi) is 2.28. The van der Waals surface area contributed by atoms with Crippen LogP contribution in [0.5, 0.6) is 0 Å². The summed E-state index contributed by atoms with van der Waals surface area (Å²) in [4.78, 5) is 0. The summed E-state index contributed by atoms with van der Waals surface area (Å²) in [6, 6.07) is -0.203. The van der Waals surface area contributed by atoms with Gasteiger partial charge >= 0.3 is 0 Å². The number of aliphatic hydroxyl groups excluding tert-OH is 1. The summed E-state index contributed by atoms with van der Waals surface area (Å²) < 4.78 is 5.24. The lowest BCUT2D eigenvalue weighted by Crippen LogP contribution is -2.56. The van der Waals surface area contributed by atoms with Gasteiger partial charge in [0.2, 0.25) is 0 Å². The van der Waals surface area contributed by atoms with E-state index >= 15 is 0 Å². The summed E-state index contributed by atoms with van der Waals surface area (Å²) in [6.07, 6.45) is 3.15. The molecule has 0 bridgehead atoms. The van der Waals surface area contributed by atoms with Crippen LogP contribution in [0, 0.1) is 0 Å². The Labute approximate surface area is 61.2 Å². The van der Waals surface area contributed by atoms with E-state index in [1.165, 1.54) is 6.42 Å².